The largest absolute Gasteiger partial charge is 0.391 e. The van der Waals surface area contributed by atoms with Crippen LogP contribution in [-0.2, 0) is 16.1 Å². The number of methoxy groups -OCH3 is 1. The third-order valence-corrected chi connectivity index (χ3v) is 7.30. The highest BCUT2D eigenvalue weighted by Crippen LogP contribution is 2.23. The van der Waals surface area contributed by atoms with Crippen LogP contribution in [0.2, 0.25) is 0 Å². The van der Waals surface area contributed by atoms with Gasteiger partial charge < -0.3 is 30.8 Å². The second kappa shape index (κ2) is 16.7. The number of nitrogens with zero attached hydrogens (tertiary/aromatic N) is 1. The smallest absolute Gasteiger partial charge is 0.253 e. The second-order valence-corrected chi connectivity index (χ2v) is 10.7. The Kier molecular flexibility index (Phi) is 14.9. The Morgan fingerprint density at radius 2 is 1.79 bits per heavy atom. The molecule has 2 rings (SSSR count). The molecular weight excluding hydrogens is 504 g/mol. The number of fused-ring (bicyclic) bond motifs is 1. The molecule has 0 radical (unpaired) electrons. The highest BCUT2D eigenvalue weighted by atomic mass is 35.5. The molecule has 5 atom stereocenters. The van der Waals surface area contributed by atoms with Gasteiger partial charge in [-0.1, -0.05) is 52.3 Å². The number of para-hydroxylation sites is 1. The number of nitrogens with two attached hydrogens (primary N) is 1. The fourth-order valence-electron chi connectivity index (χ4n) is 4.55. The van der Waals surface area contributed by atoms with Gasteiger partial charge in [-0.3, -0.25) is 9.59 Å². The first-order valence-corrected chi connectivity index (χ1v) is 13.7. The lowest BCUT2D eigenvalue weighted by Gasteiger charge is -2.28. The Hall–Kier alpha value is -2.13. The summed E-state index contributed by atoms with van der Waals surface area (Å²) in [7, 11) is 1.68. The lowest BCUT2D eigenvalue weighted by atomic mass is 9.86. The minimum absolute atomic E-state index is 0. The van der Waals surface area contributed by atoms with Crippen molar-refractivity contribution in [2.75, 3.05) is 20.2 Å². The van der Waals surface area contributed by atoms with Gasteiger partial charge in [-0.15, -0.1) is 12.4 Å². The van der Waals surface area contributed by atoms with Gasteiger partial charge >= 0.3 is 0 Å². The molecule has 1 unspecified atom stereocenters. The Labute approximate surface area is 234 Å². The fraction of sp³-hybridized carbons (Fsp3) is 0.655. The van der Waals surface area contributed by atoms with E-state index in [9.17, 15) is 14.7 Å². The minimum Gasteiger partial charge on any atom is -0.391 e. The molecule has 0 fully saturated rings. The van der Waals surface area contributed by atoms with E-state index in [-0.39, 0.29) is 48.1 Å². The third-order valence-electron chi connectivity index (χ3n) is 7.30. The summed E-state index contributed by atoms with van der Waals surface area (Å²) >= 11 is 0. The van der Waals surface area contributed by atoms with Gasteiger partial charge in [-0.25, -0.2) is 0 Å². The molecule has 38 heavy (non-hydrogen) atoms. The number of carbonyl (C=O) groups is 2. The van der Waals surface area contributed by atoms with Crippen LogP contribution >= 0.6 is 12.4 Å². The Balaban J connectivity index is 0.00000722. The average Bonchev–Trinajstić information content (AvgIpc) is 3.24. The molecule has 0 saturated heterocycles. The van der Waals surface area contributed by atoms with Crippen LogP contribution in [-0.4, -0.2) is 59.9 Å². The molecule has 0 spiro atoms. The number of aliphatic hydroxyl groups excluding tert-OH is 1. The van der Waals surface area contributed by atoms with Crippen LogP contribution < -0.4 is 16.4 Å². The molecule has 9 heteroatoms. The molecule has 0 bridgehead atoms. The molecular formula is C29H49ClN4O4. The summed E-state index contributed by atoms with van der Waals surface area (Å²) in [5.41, 5.74) is 8.00. The maximum absolute atomic E-state index is 13.2. The third kappa shape index (κ3) is 9.88. The summed E-state index contributed by atoms with van der Waals surface area (Å²) in [5, 5.41) is 17.6. The number of carbonyl (C=O) groups excluding carboxylic acids is 2. The SMILES string of the molecule is CCCCNC(=O)[C@H](C)C[C@H](O)[C@@H](N)CC(CNC(=O)c1cn(C[C@@H](C)OC)c2ccccc12)C(C)C.Cl. The number of benzene rings is 1. The van der Waals surface area contributed by atoms with Crippen molar-refractivity contribution in [3.63, 3.8) is 0 Å². The first kappa shape index (κ1) is 33.9. The summed E-state index contributed by atoms with van der Waals surface area (Å²) in [4.78, 5) is 25.5. The molecule has 0 aliphatic heterocycles. The number of hydrogen-bond donors (Lipinski definition) is 4. The van der Waals surface area contributed by atoms with Gasteiger partial charge in [0.2, 0.25) is 5.91 Å². The van der Waals surface area contributed by atoms with Gasteiger partial charge in [0, 0.05) is 55.8 Å². The molecule has 1 heterocycles. The summed E-state index contributed by atoms with van der Waals surface area (Å²) in [5.74, 6) is -0.141. The van der Waals surface area contributed by atoms with Crippen molar-refractivity contribution in [2.24, 2.45) is 23.5 Å². The molecule has 5 N–H and O–H groups in total. The highest BCUT2D eigenvalue weighted by Gasteiger charge is 2.26. The first-order chi connectivity index (χ1) is 17.6. The average molecular weight is 553 g/mol. The molecule has 0 aliphatic rings. The maximum atomic E-state index is 13.2. The number of halogens is 1. The summed E-state index contributed by atoms with van der Waals surface area (Å²) in [6.45, 7) is 11.9. The topological polar surface area (TPSA) is 119 Å². The van der Waals surface area contributed by atoms with E-state index in [4.69, 9.17) is 10.5 Å². The van der Waals surface area contributed by atoms with Crippen LogP contribution in [0.1, 0.15) is 70.7 Å². The molecule has 2 amide bonds. The van der Waals surface area contributed by atoms with E-state index in [1.54, 1.807) is 7.11 Å². The highest BCUT2D eigenvalue weighted by molar-refractivity contribution is 6.07. The predicted molar refractivity (Wildman–Crippen MR) is 157 cm³/mol. The number of ether oxygens (including phenoxy) is 1. The van der Waals surface area contributed by atoms with Crippen LogP contribution in [0.25, 0.3) is 10.9 Å². The van der Waals surface area contributed by atoms with E-state index in [0.29, 0.717) is 38.0 Å². The van der Waals surface area contributed by atoms with Gasteiger partial charge in [0.15, 0.2) is 0 Å². The van der Waals surface area contributed by atoms with Crippen LogP contribution in [0.3, 0.4) is 0 Å². The Bertz CT molecular complexity index is 996. The quantitative estimate of drug-likeness (QED) is 0.234. The number of hydrogen-bond acceptors (Lipinski definition) is 5. The zero-order valence-corrected chi connectivity index (χ0v) is 24.7. The van der Waals surface area contributed by atoms with Crippen molar-refractivity contribution in [1.82, 2.24) is 15.2 Å². The standard InChI is InChI=1S/C29H48N4O4.ClH/c1-7-8-13-31-28(35)20(4)14-27(34)25(30)15-22(19(2)3)16-32-29(36)24-18-33(17-21(5)37-6)26-12-10-9-11-23(24)26;/h9-12,18-22,25,27,34H,7-8,13-17,30H2,1-6H3,(H,31,35)(H,32,36);1H/t20-,21-,22?,25+,27+;/m1./s1. The van der Waals surface area contributed by atoms with E-state index in [2.05, 4.69) is 36.0 Å². The van der Waals surface area contributed by atoms with Crippen LogP contribution in [0.4, 0.5) is 0 Å². The number of amides is 2. The maximum Gasteiger partial charge on any atom is 0.253 e. The van der Waals surface area contributed by atoms with E-state index < -0.39 is 12.1 Å². The summed E-state index contributed by atoms with van der Waals surface area (Å²) in [6.07, 6.45) is 3.95. The molecule has 216 valence electrons. The zero-order chi connectivity index (χ0) is 27.5. The van der Waals surface area contributed by atoms with Gasteiger partial charge in [-0.05, 0) is 44.1 Å². The van der Waals surface area contributed by atoms with Crippen LogP contribution in [0, 0.1) is 17.8 Å². The minimum atomic E-state index is -0.787. The van der Waals surface area contributed by atoms with Crippen molar-refractivity contribution >= 4 is 35.1 Å². The van der Waals surface area contributed by atoms with Crippen molar-refractivity contribution in [1.29, 1.82) is 0 Å². The lowest BCUT2D eigenvalue weighted by molar-refractivity contribution is -0.125. The number of rotatable bonds is 16. The molecule has 8 nitrogen and oxygen atoms in total. The van der Waals surface area contributed by atoms with E-state index >= 15 is 0 Å². The second-order valence-electron chi connectivity index (χ2n) is 10.7. The van der Waals surface area contributed by atoms with Crippen molar-refractivity contribution in [2.45, 2.75) is 85.1 Å². The Morgan fingerprint density at radius 1 is 1.11 bits per heavy atom. The molecule has 1 aromatic carbocycles. The number of aromatic nitrogens is 1. The number of unbranched alkanes of at least 4 members (excludes halogenated alkanes) is 1. The number of aliphatic hydroxyl groups is 1. The number of nitrogens with one attached hydrogen (secondary N) is 2. The van der Waals surface area contributed by atoms with Gasteiger partial charge in [-0.2, -0.15) is 0 Å². The van der Waals surface area contributed by atoms with Gasteiger partial charge in [0.25, 0.3) is 5.91 Å². The zero-order valence-electron chi connectivity index (χ0n) is 23.9. The molecule has 0 saturated carbocycles. The lowest BCUT2D eigenvalue weighted by Crippen LogP contribution is -2.42. The molecule has 0 aliphatic carbocycles. The molecule has 1 aromatic heterocycles. The monoisotopic (exact) mass is 552 g/mol. The van der Waals surface area contributed by atoms with E-state index in [0.717, 1.165) is 23.7 Å². The molecule has 2 aromatic rings. The summed E-state index contributed by atoms with van der Waals surface area (Å²) < 4.78 is 7.48. The van der Waals surface area contributed by atoms with Crippen molar-refractivity contribution in [3.8, 4) is 0 Å². The van der Waals surface area contributed by atoms with Gasteiger partial charge in [0.1, 0.15) is 0 Å². The van der Waals surface area contributed by atoms with Crippen LogP contribution in [0.5, 0.6) is 0 Å². The first-order valence-electron chi connectivity index (χ1n) is 13.7. The normalized spacial score (nSPS) is 15.4. The van der Waals surface area contributed by atoms with Gasteiger partial charge in [0.05, 0.1) is 17.8 Å². The Morgan fingerprint density at radius 3 is 2.42 bits per heavy atom. The summed E-state index contributed by atoms with van der Waals surface area (Å²) in [6, 6.07) is 7.40. The van der Waals surface area contributed by atoms with Crippen LogP contribution in [0.15, 0.2) is 30.5 Å². The van der Waals surface area contributed by atoms with E-state index in [1.807, 2.05) is 44.3 Å². The van der Waals surface area contributed by atoms with Crippen molar-refractivity contribution in [3.05, 3.63) is 36.0 Å². The fourth-order valence-corrected chi connectivity index (χ4v) is 4.55. The van der Waals surface area contributed by atoms with E-state index in [1.165, 1.54) is 0 Å². The predicted octanol–water partition coefficient (Wildman–Crippen LogP) is 4.12. The van der Waals surface area contributed by atoms with Crippen molar-refractivity contribution < 1.29 is 19.4 Å².